The van der Waals surface area contributed by atoms with Crippen LogP contribution in [0.2, 0.25) is 0 Å². The first kappa shape index (κ1) is 14.0. The lowest BCUT2D eigenvalue weighted by Crippen LogP contribution is -2.65. The van der Waals surface area contributed by atoms with Gasteiger partial charge in [0.15, 0.2) is 0 Å². The fourth-order valence-corrected chi connectivity index (χ4v) is 2.48. The molecule has 1 fully saturated rings. The molecule has 1 N–H and O–H groups in total. The van der Waals surface area contributed by atoms with Crippen molar-refractivity contribution in [3.8, 4) is 0 Å². The highest BCUT2D eigenvalue weighted by molar-refractivity contribution is 5.83. The van der Waals surface area contributed by atoms with Crippen molar-refractivity contribution in [2.24, 2.45) is 0 Å². The van der Waals surface area contributed by atoms with Gasteiger partial charge >= 0.3 is 0 Å². The number of aromatic nitrogens is 1. The summed E-state index contributed by atoms with van der Waals surface area (Å²) >= 11 is 0. The lowest BCUT2D eigenvalue weighted by molar-refractivity contribution is -0.151. The number of carbonyl (C=O) groups is 1. The maximum absolute atomic E-state index is 12.4. The molecule has 0 spiro atoms. The van der Waals surface area contributed by atoms with Crippen LogP contribution in [0.1, 0.15) is 19.5 Å². The molecular formula is C14H21N3O2. The summed E-state index contributed by atoms with van der Waals surface area (Å²) < 4.78 is 0. The minimum atomic E-state index is -0.465. The molecule has 0 aromatic carbocycles. The molecule has 1 aliphatic rings. The SMILES string of the molecule is CN1C(CO)C(=O)N(Cc2ccccn2)CC1(C)C. The van der Waals surface area contributed by atoms with Crippen molar-refractivity contribution in [2.45, 2.75) is 32.0 Å². The molecule has 1 aliphatic heterocycles. The molecule has 2 heterocycles. The number of likely N-dealkylation sites (N-methyl/N-ethyl adjacent to an activating group) is 1. The van der Waals surface area contributed by atoms with Gasteiger partial charge in [-0.1, -0.05) is 6.07 Å². The molecule has 19 heavy (non-hydrogen) atoms. The Morgan fingerprint density at radius 2 is 2.21 bits per heavy atom. The summed E-state index contributed by atoms with van der Waals surface area (Å²) in [5.41, 5.74) is 0.712. The second-order valence-electron chi connectivity index (χ2n) is 5.64. The van der Waals surface area contributed by atoms with Crippen LogP contribution in [0.15, 0.2) is 24.4 Å². The molecule has 1 aromatic rings. The molecule has 0 aliphatic carbocycles. The van der Waals surface area contributed by atoms with E-state index in [2.05, 4.69) is 18.8 Å². The minimum absolute atomic E-state index is 0.0324. The van der Waals surface area contributed by atoms with Crippen LogP contribution in [0.3, 0.4) is 0 Å². The van der Waals surface area contributed by atoms with E-state index in [1.165, 1.54) is 0 Å². The van der Waals surface area contributed by atoms with Crippen LogP contribution in [-0.2, 0) is 11.3 Å². The molecule has 1 aromatic heterocycles. The van der Waals surface area contributed by atoms with Gasteiger partial charge < -0.3 is 10.0 Å². The van der Waals surface area contributed by atoms with Crippen molar-refractivity contribution in [3.05, 3.63) is 30.1 Å². The second-order valence-corrected chi connectivity index (χ2v) is 5.64. The number of carbonyl (C=O) groups excluding carboxylic acids is 1. The quantitative estimate of drug-likeness (QED) is 0.862. The summed E-state index contributed by atoms with van der Waals surface area (Å²) in [6.45, 7) is 5.13. The van der Waals surface area contributed by atoms with Crippen LogP contribution in [0.25, 0.3) is 0 Å². The van der Waals surface area contributed by atoms with Crippen LogP contribution in [0, 0.1) is 0 Å². The fraction of sp³-hybridized carbons (Fsp3) is 0.571. The van der Waals surface area contributed by atoms with Gasteiger partial charge in [0.05, 0.1) is 18.8 Å². The minimum Gasteiger partial charge on any atom is -0.394 e. The smallest absolute Gasteiger partial charge is 0.242 e. The Morgan fingerprint density at radius 1 is 1.47 bits per heavy atom. The summed E-state index contributed by atoms with van der Waals surface area (Å²) in [6.07, 6.45) is 1.73. The zero-order valence-corrected chi connectivity index (χ0v) is 11.7. The van der Waals surface area contributed by atoms with Gasteiger partial charge in [-0.3, -0.25) is 14.7 Å². The Hall–Kier alpha value is -1.46. The first-order valence-corrected chi connectivity index (χ1v) is 6.48. The molecule has 1 atom stereocenters. The van der Waals surface area contributed by atoms with Crippen molar-refractivity contribution in [1.82, 2.24) is 14.8 Å². The van der Waals surface area contributed by atoms with E-state index in [0.29, 0.717) is 13.1 Å². The lowest BCUT2D eigenvalue weighted by atomic mass is 9.95. The van der Waals surface area contributed by atoms with Crippen molar-refractivity contribution in [3.63, 3.8) is 0 Å². The largest absolute Gasteiger partial charge is 0.394 e. The number of hydrogen-bond donors (Lipinski definition) is 1. The zero-order valence-electron chi connectivity index (χ0n) is 11.7. The molecule has 2 rings (SSSR count). The van der Waals surface area contributed by atoms with E-state index < -0.39 is 6.04 Å². The normalized spacial score (nSPS) is 23.7. The van der Waals surface area contributed by atoms with Crippen LogP contribution < -0.4 is 0 Å². The standard InChI is InChI=1S/C14H21N3O2/c1-14(2)10-17(8-11-6-4-5-7-15-11)13(19)12(9-18)16(14)3/h4-7,12,18H,8-10H2,1-3H3. The number of pyridine rings is 1. The number of aliphatic hydroxyl groups is 1. The summed E-state index contributed by atoms with van der Waals surface area (Å²) in [6, 6.07) is 5.22. The first-order valence-electron chi connectivity index (χ1n) is 6.48. The third-order valence-corrected chi connectivity index (χ3v) is 3.85. The molecule has 1 amide bonds. The third kappa shape index (κ3) is 2.77. The Kier molecular flexibility index (Phi) is 3.87. The van der Waals surface area contributed by atoms with Gasteiger partial charge in [-0.05, 0) is 33.0 Å². The van der Waals surface area contributed by atoms with Gasteiger partial charge in [0, 0.05) is 18.3 Å². The first-order chi connectivity index (χ1) is 8.95. The number of piperazine rings is 1. The molecule has 5 nitrogen and oxygen atoms in total. The molecule has 0 saturated carbocycles. The summed E-state index contributed by atoms with van der Waals surface area (Å²) in [5, 5.41) is 9.44. The van der Waals surface area contributed by atoms with Crippen molar-refractivity contribution in [2.75, 3.05) is 20.2 Å². The van der Waals surface area contributed by atoms with E-state index in [-0.39, 0.29) is 18.1 Å². The summed E-state index contributed by atoms with van der Waals surface area (Å²) in [4.78, 5) is 20.3. The third-order valence-electron chi connectivity index (χ3n) is 3.85. The Bertz CT molecular complexity index is 447. The van der Waals surface area contributed by atoms with Crippen molar-refractivity contribution in [1.29, 1.82) is 0 Å². The van der Waals surface area contributed by atoms with Gasteiger partial charge in [0.1, 0.15) is 6.04 Å². The Balaban J connectivity index is 2.19. The van der Waals surface area contributed by atoms with Gasteiger partial charge in [0.25, 0.3) is 0 Å². The summed E-state index contributed by atoms with van der Waals surface area (Å²) in [5.74, 6) is -0.0324. The number of hydrogen-bond acceptors (Lipinski definition) is 4. The van der Waals surface area contributed by atoms with Gasteiger partial charge in [-0.15, -0.1) is 0 Å². The monoisotopic (exact) mass is 263 g/mol. The van der Waals surface area contributed by atoms with Crippen LogP contribution in [-0.4, -0.2) is 57.6 Å². The van der Waals surface area contributed by atoms with Gasteiger partial charge in [-0.2, -0.15) is 0 Å². The molecule has 5 heteroatoms. The fourth-order valence-electron chi connectivity index (χ4n) is 2.48. The zero-order chi connectivity index (χ0) is 14.0. The number of rotatable bonds is 3. The average Bonchev–Trinajstić information content (AvgIpc) is 2.38. The maximum atomic E-state index is 12.4. The van der Waals surface area contributed by atoms with Gasteiger partial charge in [0.2, 0.25) is 5.91 Å². The van der Waals surface area contributed by atoms with Gasteiger partial charge in [-0.25, -0.2) is 0 Å². The van der Waals surface area contributed by atoms with E-state index in [1.54, 1.807) is 11.1 Å². The second kappa shape index (κ2) is 5.27. The summed E-state index contributed by atoms with van der Waals surface area (Å²) in [7, 11) is 1.89. The van der Waals surface area contributed by atoms with Crippen LogP contribution in [0.5, 0.6) is 0 Å². The Labute approximate surface area is 113 Å². The van der Waals surface area contributed by atoms with Crippen molar-refractivity contribution < 1.29 is 9.90 Å². The predicted molar refractivity (Wildman–Crippen MR) is 72.4 cm³/mol. The number of aliphatic hydroxyl groups excluding tert-OH is 1. The lowest BCUT2D eigenvalue weighted by Gasteiger charge is -2.48. The number of amides is 1. The highest BCUT2D eigenvalue weighted by Crippen LogP contribution is 2.25. The highest BCUT2D eigenvalue weighted by atomic mass is 16.3. The van der Waals surface area contributed by atoms with E-state index in [9.17, 15) is 9.90 Å². The molecule has 1 saturated heterocycles. The predicted octanol–water partition coefficient (Wildman–Crippen LogP) is 0.495. The van der Waals surface area contributed by atoms with E-state index in [4.69, 9.17) is 0 Å². The molecule has 0 radical (unpaired) electrons. The topological polar surface area (TPSA) is 56.7 Å². The molecule has 0 bridgehead atoms. The van der Waals surface area contributed by atoms with E-state index in [1.807, 2.05) is 30.1 Å². The average molecular weight is 263 g/mol. The molecule has 1 unspecified atom stereocenters. The number of nitrogens with zero attached hydrogens (tertiary/aromatic N) is 3. The van der Waals surface area contributed by atoms with Crippen LogP contribution in [0.4, 0.5) is 0 Å². The van der Waals surface area contributed by atoms with Crippen molar-refractivity contribution >= 4 is 5.91 Å². The van der Waals surface area contributed by atoms with E-state index >= 15 is 0 Å². The Morgan fingerprint density at radius 3 is 2.79 bits per heavy atom. The maximum Gasteiger partial charge on any atom is 0.242 e. The van der Waals surface area contributed by atoms with Crippen LogP contribution >= 0.6 is 0 Å². The molecular weight excluding hydrogens is 242 g/mol. The van der Waals surface area contributed by atoms with E-state index in [0.717, 1.165) is 5.69 Å². The highest BCUT2D eigenvalue weighted by Gasteiger charge is 2.42. The molecule has 104 valence electrons.